The van der Waals surface area contributed by atoms with Gasteiger partial charge in [-0.1, -0.05) is 33.1 Å². The van der Waals surface area contributed by atoms with Crippen molar-refractivity contribution in [2.45, 2.75) is 51.2 Å². The molecule has 0 aliphatic heterocycles. The van der Waals surface area contributed by atoms with E-state index in [4.69, 9.17) is 4.18 Å². The number of hydrogen-bond acceptors (Lipinski definition) is 5. The smallest absolute Gasteiger partial charge is 0.278 e. The molecule has 0 aromatic heterocycles. The summed E-state index contributed by atoms with van der Waals surface area (Å²) in [5, 5.41) is -1.50. The van der Waals surface area contributed by atoms with Crippen molar-refractivity contribution in [1.82, 2.24) is 0 Å². The minimum atomic E-state index is -4.02. The minimum Gasteiger partial charge on any atom is -0.303 e. The lowest BCUT2D eigenvalue weighted by atomic mass is 10.0. The van der Waals surface area contributed by atoms with Gasteiger partial charge in [-0.25, -0.2) is 0 Å². The zero-order valence-corrected chi connectivity index (χ0v) is 11.7. The van der Waals surface area contributed by atoms with E-state index in [1.54, 1.807) is 0 Å². The number of unbranched alkanes of at least 4 members (excludes halogenated alkanes) is 1. The van der Waals surface area contributed by atoms with E-state index in [1.165, 1.54) is 6.29 Å². The Morgan fingerprint density at radius 2 is 2.00 bits per heavy atom. The van der Waals surface area contributed by atoms with E-state index in [0.29, 0.717) is 6.29 Å². The number of hydrogen-bond donors (Lipinski definition) is 0. The number of carbonyl (C=O) groups excluding carboxylic acids is 2. The molecule has 0 saturated heterocycles. The SMILES string of the molecule is CCCCC(CC)COS(=O)(=O)C([C]=O)CC=O. The maximum atomic E-state index is 11.6. The molecule has 0 aromatic rings. The van der Waals surface area contributed by atoms with Crippen LogP contribution >= 0.6 is 0 Å². The van der Waals surface area contributed by atoms with Crippen LogP contribution in [0.4, 0.5) is 0 Å². The Kier molecular flexibility index (Phi) is 8.83. The molecule has 0 bridgehead atoms. The van der Waals surface area contributed by atoms with Crippen molar-refractivity contribution in [1.29, 1.82) is 0 Å². The molecule has 0 aromatic carbocycles. The van der Waals surface area contributed by atoms with E-state index in [9.17, 15) is 18.0 Å². The van der Waals surface area contributed by atoms with E-state index in [-0.39, 0.29) is 12.5 Å². The standard InChI is InChI=1S/C12H21O5S/c1-3-5-6-11(4-2)10-17-18(15,16)12(9-14)7-8-13/h8,11-12H,3-7,10H2,1-2H3. The van der Waals surface area contributed by atoms with Gasteiger partial charge in [0.25, 0.3) is 10.1 Å². The molecule has 0 aliphatic carbocycles. The Morgan fingerprint density at radius 1 is 1.33 bits per heavy atom. The highest BCUT2D eigenvalue weighted by atomic mass is 32.2. The monoisotopic (exact) mass is 277 g/mol. The lowest BCUT2D eigenvalue weighted by Gasteiger charge is -2.15. The van der Waals surface area contributed by atoms with Crippen LogP contribution in [0.3, 0.4) is 0 Å². The molecule has 0 rings (SSSR count). The fourth-order valence-corrected chi connectivity index (χ4v) is 2.46. The number of carbonyl (C=O) groups is 1. The Hall–Kier alpha value is -0.750. The van der Waals surface area contributed by atoms with Gasteiger partial charge in [0.05, 0.1) is 6.61 Å². The molecule has 5 nitrogen and oxygen atoms in total. The second-order valence-corrected chi connectivity index (χ2v) is 5.99. The highest BCUT2D eigenvalue weighted by Crippen LogP contribution is 2.15. The molecule has 2 atom stereocenters. The van der Waals surface area contributed by atoms with Crippen molar-refractivity contribution in [3.8, 4) is 0 Å². The van der Waals surface area contributed by atoms with E-state index in [2.05, 4.69) is 6.92 Å². The molecule has 0 heterocycles. The van der Waals surface area contributed by atoms with Crippen LogP contribution in [0, 0.1) is 5.92 Å². The van der Waals surface area contributed by atoms with Crippen molar-refractivity contribution in [2.75, 3.05) is 6.61 Å². The largest absolute Gasteiger partial charge is 0.303 e. The summed E-state index contributed by atoms with van der Waals surface area (Å²) < 4.78 is 28.0. The number of aldehydes is 1. The molecule has 6 heteroatoms. The lowest BCUT2D eigenvalue weighted by molar-refractivity contribution is -0.107. The first-order valence-corrected chi connectivity index (χ1v) is 7.68. The van der Waals surface area contributed by atoms with Gasteiger partial charge in [-0.3, -0.25) is 8.98 Å². The van der Waals surface area contributed by atoms with Crippen LogP contribution in [-0.2, 0) is 23.9 Å². The Bertz CT molecular complexity index is 336. The van der Waals surface area contributed by atoms with Crippen LogP contribution in [-0.4, -0.2) is 32.8 Å². The summed E-state index contributed by atoms with van der Waals surface area (Å²) in [5.41, 5.74) is 0. The minimum absolute atomic E-state index is 0.0653. The second-order valence-electron chi connectivity index (χ2n) is 4.20. The van der Waals surface area contributed by atoms with Crippen molar-refractivity contribution >= 4 is 22.7 Å². The molecule has 0 amide bonds. The molecule has 18 heavy (non-hydrogen) atoms. The maximum Gasteiger partial charge on any atom is 0.278 e. The topological polar surface area (TPSA) is 77.5 Å². The van der Waals surface area contributed by atoms with Gasteiger partial charge in [0.15, 0.2) is 5.25 Å². The van der Waals surface area contributed by atoms with Crippen molar-refractivity contribution in [2.24, 2.45) is 5.92 Å². The summed E-state index contributed by atoms with van der Waals surface area (Å²) in [6.45, 7) is 4.09. The van der Waals surface area contributed by atoms with Gasteiger partial charge in [-0.15, -0.1) is 0 Å². The average Bonchev–Trinajstić information content (AvgIpc) is 2.36. The first-order chi connectivity index (χ1) is 8.51. The van der Waals surface area contributed by atoms with Crippen LogP contribution in [0.25, 0.3) is 0 Å². The molecule has 0 aliphatic rings. The Balaban J connectivity index is 4.38. The van der Waals surface area contributed by atoms with Crippen LogP contribution < -0.4 is 0 Å². The van der Waals surface area contributed by atoms with Gasteiger partial charge >= 0.3 is 0 Å². The fraction of sp³-hybridized carbons (Fsp3) is 0.833. The zero-order chi connectivity index (χ0) is 14.0. The van der Waals surface area contributed by atoms with Crippen molar-refractivity contribution in [3.63, 3.8) is 0 Å². The van der Waals surface area contributed by atoms with Crippen LogP contribution in [0.2, 0.25) is 0 Å². The third-order valence-corrected chi connectivity index (χ3v) is 4.25. The van der Waals surface area contributed by atoms with E-state index in [0.717, 1.165) is 25.7 Å². The fourth-order valence-electron chi connectivity index (χ4n) is 1.48. The maximum absolute atomic E-state index is 11.6. The van der Waals surface area contributed by atoms with Crippen molar-refractivity contribution < 1.29 is 22.2 Å². The Labute approximate surface area is 109 Å². The normalized spacial score (nSPS) is 15.0. The molecule has 105 valence electrons. The van der Waals surface area contributed by atoms with Crippen molar-refractivity contribution in [3.05, 3.63) is 0 Å². The summed E-state index contributed by atoms with van der Waals surface area (Å²) in [6, 6.07) is 0. The predicted octanol–water partition coefficient (Wildman–Crippen LogP) is 1.62. The first-order valence-electron chi connectivity index (χ1n) is 6.21. The summed E-state index contributed by atoms with van der Waals surface area (Å²) in [6.07, 6.45) is 5.08. The highest BCUT2D eigenvalue weighted by molar-refractivity contribution is 7.88. The molecule has 2 unspecified atom stereocenters. The highest BCUT2D eigenvalue weighted by Gasteiger charge is 2.27. The van der Waals surface area contributed by atoms with Gasteiger partial charge in [0.2, 0.25) is 6.29 Å². The van der Waals surface area contributed by atoms with Gasteiger partial charge in [0, 0.05) is 6.42 Å². The van der Waals surface area contributed by atoms with E-state index >= 15 is 0 Å². The molecule has 0 N–H and O–H groups in total. The molecule has 0 fully saturated rings. The quantitative estimate of drug-likeness (QED) is 0.423. The molecular formula is C12H21O5S. The van der Waals surface area contributed by atoms with Crippen LogP contribution in [0.5, 0.6) is 0 Å². The summed E-state index contributed by atoms with van der Waals surface area (Å²) in [5.74, 6) is 0.156. The molecule has 1 radical (unpaired) electrons. The van der Waals surface area contributed by atoms with Gasteiger partial charge in [0.1, 0.15) is 6.29 Å². The first kappa shape index (κ1) is 17.2. The van der Waals surface area contributed by atoms with E-state index in [1.807, 2.05) is 6.92 Å². The second kappa shape index (κ2) is 9.22. The summed E-state index contributed by atoms with van der Waals surface area (Å²) in [4.78, 5) is 20.7. The zero-order valence-electron chi connectivity index (χ0n) is 10.9. The predicted molar refractivity (Wildman–Crippen MR) is 68.3 cm³/mol. The average molecular weight is 277 g/mol. The third-order valence-electron chi connectivity index (χ3n) is 2.80. The van der Waals surface area contributed by atoms with Crippen LogP contribution in [0.1, 0.15) is 46.0 Å². The van der Waals surface area contributed by atoms with E-state index < -0.39 is 21.8 Å². The lowest BCUT2D eigenvalue weighted by Crippen LogP contribution is -2.27. The molecular weight excluding hydrogens is 256 g/mol. The third kappa shape index (κ3) is 6.26. The van der Waals surface area contributed by atoms with Crippen LogP contribution in [0.15, 0.2) is 0 Å². The Morgan fingerprint density at radius 3 is 2.44 bits per heavy atom. The van der Waals surface area contributed by atoms with Gasteiger partial charge in [-0.05, 0) is 12.3 Å². The summed E-state index contributed by atoms with van der Waals surface area (Å²) in [7, 11) is -4.02. The van der Waals surface area contributed by atoms with Gasteiger partial charge in [-0.2, -0.15) is 8.42 Å². The molecule has 0 spiro atoms. The number of rotatable bonds is 11. The molecule has 0 saturated carbocycles. The summed E-state index contributed by atoms with van der Waals surface area (Å²) >= 11 is 0. The van der Waals surface area contributed by atoms with Gasteiger partial charge < -0.3 is 4.79 Å².